The fourth-order valence-corrected chi connectivity index (χ4v) is 7.86. The van der Waals surface area contributed by atoms with Crippen LogP contribution in [0.4, 0.5) is 14.9 Å². The van der Waals surface area contributed by atoms with Crippen LogP contribution < -0.4 is 24.8 Å². The number of aliphatic carboxylic acids is 1. The third kappa shape index (κ3) is 9.46. The van der Waals surface area contributed by atoms with Gasteiger partial charge >= 0.3 is 12.0 Å². The van der Waals surface area contributed by atoms with Crippen molar-refractivity contribution >= 4 is 46.8 Å². The number of pyridine rings is 1. The molecule has 0 saturated heterocycles. The van der Waals surface area contributed by atoms with Crippen molar-refractivity contribution in [1.29, 1.82) is 0 Å². The van der Waals surface area contributed by atoms with Crippen LogP contribution in [0, 0.1) is 19.7 Å². The average Bonchev–Trinajstić information content (AvgIpc) is 3.27. The zero-order valence-electron chi connectivity index (χ0n) is 33.7. The number of carboxylic acid groups (broad SMARTS) is 1. The number of rotatable bonds is 11. The molecule has 1 aromatic heterocycles. The van der Waals surface area contributed by atoms with Crippen LogP contribution in [0.5, 0.6) is 17.2 Å². The normalized spacial score (nSPS) is 15.9. The summed E-state index contributed by atoms with van der Waals surface area (Å²) in [5.74, 6) is -0.739. The molecule has 11 nitrogen and oxygen atoms in total. The fourth-order valence-electron chi connectivity index (χ4n) is 7.54. The lowest BCUT2D eigenvalue weighted by Gasteiger charge is -2.37. The van der Waals surface area contributed by atoms with Gasteiger partial charge in [-0.2, -0.15) is 0 Å². The van der Waals surface area contributed by atoms with Crippen LogP contribution >= 0.6 is 23.2 Å². The largest absolute Gasteiger partial charge is 0.489 e. The molecule has 0 saturated carbocycles. The summed E-state index contributed by atoms with van der Waals surface area (Å²) in [5.41, 5.74) is 8.16. The first-order chi connectivity index (χ1) is 29.9. The summed E-state index contributed by atoms with van der Waals surface area (Å²) in [4.78, 5) is 46.4. The van der Waals surface area contributed by atoms with Crippen molar-refractivity contribution in [1.82, 2.24) is 15.2 Å². The number of urea groups is 1. The lowest BCUT2D eigenvalue weighted by molar-refractivity contribution is -0.142. The van der Waals surface area contributed by atoms with Crippen LogP contribution in [-0.4, -0.2) is 51.6 Å². The van der Waals surface area contributed by atoms with Gasteiger partial charge in [-0.3, -0.25) is 9.78 Å². The van der Waals surface area contributed by atoms with Gasteiger partial charge in [-0.1, -0.05) is 65.7 Å². The summed E-state index contributed by atoms with van der Waals surface area (Å²) in [7, 11) is 0. The maximum Gasteiger partial charge on any atom is 0.326 e. The Balaban J connectivity index is 0.984. The predicted molar refractivity (Wildman–Crippen MR) is 233 cm³/mol. The van der Waals surface area contributed by atoms with Crippen molar-refractivity contribution in [3.63, 3.8) is 0 Å². The number of carbonyl (C=O) groups excluding carboxylic acids is 2. The quantitative estimate of drug-likeness (QED) is 0.117. The smallest absolute Gasteiger partial charge is 0.326 e. The van der Waals surface area contributed by atoms with E-state index in [9.17, 15) is 23.9 Å². The Hall–Kier alpha value is -6.63. The molecule has 3 atom stereocenters. The molecule has 3 amide bonds. The fraction of sp³-hybridized carbons (Fsp3) is 0.208. The monoisotopic (exact) mass is 874 g/mol. The van der Waals surface area contributed by atoms with E-state index in [-0.39, 0.29) is 26.0 Å². The van der Waals surface area contributed by atoms with Gasteiger partial charge < -0.3 is 34.9 Å². The van der Waals surface area contributed by atoms with E-state index < -0.39 is 41.9 Å². The molecule has 0 aliphatic carbocycles. The van der Waals surface area contributed by atoms with Gasteiger partial charge in [-0.15, -0.1) is 0 Å². The molecule has 8 rings (SSSR count). The third-order valence-electron chi connectivity index (χ3n) is 11.1. The van der Waals surface area contributed by atoms with E-state index in [1.54, 1.807) is 30.5 Å². The van der Waals surface area contributed by atoms with Gasteiger partial charge in [0.05, 0.1) is 10.0 Å². The van der Waals surface area contributed by atoms with Gasteiger partial charge in [-0.25, -0.2) is 14.0 Å². The molecule has 5 aromatic carbocycles. The highest BCUT2D eigenvalue weighted by molar-refractivity contribution is 6.42. The number of fused-ring (bicyclic) bond motifs is 2. The number of carboxylic acids is 1. The maximum absolute atomic E-state index is 14.2. The number of hydrogen-bond acceptors (Lipinski definition) is 7. The van der Waals surface area contributed by atoms with Gasteiger partial charge in [0.25, 0.3) is 0 Å². The van der Waals surface area contributed by atoms with Gasteiger partial charge in [0.2, 0.25) is 5.91 Å². The summed E-state index contributed by atoms with van der Waals surface area (Å²) in [6.07, 6.45) is 1.38. The molecule has 0 fully saturated rings. The van der Waals surface area contributed by atoms with Crippen LogP contribution in [0.1, 0.15) is 45.2 Å². The molecule has 62 heavy (non-hydrogen) atoms. The first kappa shape index (κ1) is 42.1. The Morgan fingerprint density at radius 2 is 1.61 bits per heavy atom. The minimum Gasteiger partial charge on any atom is -0.489 e. The van der Waals surface area contributed by atoms with Crippen molar-refractivity contribution in [3.8, 4) is 28.4 Å². The molecule has 3 N–H and O–H groups in total. The van der Waals surface area contributed by atoms with Gasteiger partial charge in [0.1, 0.15) is 36.9 Å². The number of aromatic nitrogens is 1. The van der Waals surface area contributed by atoms with E-state index >= 15 is 0 Å². The summed E-state index contributed by atoms with van der Waals surface area (Å²) in [6, 6.07) is 28.1. The predicted octanol–water partition coefficient (Wildman–Crippen LogP) is 9.67. The van der Waals surface area contributed by atoms with Gasteiger partial charge in [0.15, 0.2) is 17.6 Å². The summed E-state index contributed by atoms with van der Waals surface area (Å²) in [5, 5.41) is 16.7. The van der Waals surface area contributed by atoms with Crippen molar-refractivity contribution < 1.29 is 38.1 Å². The number of halogens is 3. The molecule has 6 aromatic rings. The summed E-state index contributed by atoms with van der Waals surface area (Å²) in [6.45, 7) is 4.45. The number of ether oxygens (including phenoxy) is 3. The number of anilines is 1. The molecule has 0 radical (unpaired) electrons. The number of carbonyl (C=O) groups is 3. The lowest BCUT2D eigenvalue weighted by atomic mass is 9.92. The van der Waals surface area contributed by atoms with E-state index in [0.717, 1.165) is 39.1 Å². The molecule has 316 valence electrons. The van der Waals surface area contributed by atoms with Crippen LogP contribution in [-0.2, 0) is 35.6 Å². The first-order valence-electron chi connectivity index (χ1n) is 19.9. The molecule has 3 heterocycles. The Morgan fingerprint density at radius 3 is 2.34 bits per heavy atom. The molecule has 14 heteroatoms. The van der Waals surface area contributed by atoms with Crippen LogP contribution in [0.3, 0.4) is 0 Å². The Morgan fingerprint density at radius 1 is 0.887 bits per heavy atom. The van der Waals surface area contributed by atoms with E-state index in [1.165, 1.54) is 29.2 Å². The highest BCUT2D eigenvalue weighted by Gasteiger charge is 2.38. The average molecular weight is 876 g/mol. The second kappa shape index (κ2) is 18.2. The van der Waals surface area contributed by atoms with Crippen molar-refractivity contribution in [2.75, 3.05) is 11.9 Å². The number of amides is 3. The minimum absolute atomic E-state index is 0.00905. The maximum atomic E-state index is 14.2. The number of nitrogens with one attached hydrogen (secondary N) is 2. The topological polar surface area (TPSA) is 139 Å². The molecule has 2 aliphatic heterocycles. The zero-order chi connectivity index (χ0) is 43.5. The summed E-state index contributed by atoms with van der Waals surface area (Å²) < 4.78 is 32.3. The van der Waals surface area contributed by atoms with Crippen LogP contribution in [0.2, 0.25) is 10.0 Å². The molecule has 0 bridgehead atoms. The van der Waals surface area contributed by atoms with E-state index in [1.807, 2.05) is 74.5 Å². The van der Waals surface area contributed by atoms with E-state index in [0.29, 0.717) is 50.7 Å². The van der Waals surface area contributed by atoms with Crippen molar-refractivity contribution in [3.05, 3.63) is 170 Å². The first-order valence-corrected chi connectivity index (χ1v) is 20.6. The van der Waals surface area contributed by atoms with Crippen LogP contribution in [0.15, 0.2) is 115 Å². The molecule has 2 aliphatic rings. The lowest BCUT2D eigenvalue weighted by Crippen LogP contribution is -2.56. The van der Waals surface area contributed by atoms with E-state index in [4.69, 9.17) is 37.4 Å². The Labute approximate surface area is 367 Å². The number of nitrogens with zero attached hydrogens (tertiary/aromatic N) is 2. The van der Waals surface area contributed by atoms with Gasteiger partial charge in [-0.05, 0) is 125 Å². The number of hydrogen-bond donors (Lipinski definition) is 3. The molecular formula is C48H41Cl2FN4O7. The second-order valence-corrected chi connectivity index (χ2v) is 16.1. The Kier molecular flexibility index (Phi) is 12.3. The standard InChI is InChI=1S/C48H41Cl2FN4O7/c1-27-28(2)52-18-17-38(27)31-6-3-29(4-7-31)20-41(47(57)58)54-46(56)42-21-33-22-43-44(23-34(33)24-55(42)48(59)53-36-12-10-35(51)11-13-36)62-45(26-61-43)32-8-14-37(15-9-32)60-25-30-5-16-39(49)40(50)19-30/h3-19,22-23,41-42,45H,20-21,24-26H2,1-2H3,(H,53,59)(H,54,56)(H,57,58). The minimum atomic E-state index is -1.29. The van der Waals surface area contributed by atoms with Crippen LogP contribution in [0.25, 0.3) is 11.1 Å². The van der Waals surface area contributed by atoms with Crippen molar-refractivity contribution in [2.45, 2.75) is 58.0 Å². The van der Waals surface area contributed by atoms with Gasteiger partial charge in [0, 0.05) is 37.0 Å². The van der Waals surface area contributed by atoms with E-state index in [2.05, 4.69) is 15.6 Å². The Bertz CT molecular complexity index is 2650. The SMILES string of the molecule is Cc1nccc(-c2ccc(CC(NC(=O)C3Cc4cc5c(cc4CN3C(=O)Nc3ccc(F)cc3)OC(c3ccc(OCc4ccc(Cl)c(Cl)c4)cc3)CO5)C(=O)O)cc2)c1C. The third-order valence-corrected chi connectivity index (χ3v) is 11.9. The van der Waals surface area contributed by atoms with Crippen molar-refractivity contribution in [2.24, 2.45) is 0 Å². The molecule has 3 unspecified atom stereocenters. The summed E-state index contributed by atoms with van der Waals surface area (Å²) >= 11 is 12.2. The zero-order valence-corrected chi connectivity index (χ0v) is 35.2. The highest BCUT2D eigenvalue weighted by Crippen LogP contribution is 2.41. The highest BCUT2D eigenvalue weighted by atomic mass is 35.5. The molecule has 0 spiro atoms. The number of benzene rings is 5. The second-order valence-electron chi connectivity index (χ2n) is 15.2. The number of aryl methyl sites for hydroxylation is 1. The molecular weight excluding hydrogens is 834 g/mol.